The molecule has 2 aromatic rings. The van der Waals surface area contributed by atoms with Gasteiger partial charge in [0.05, 0.1) is 0 Å². The molecule has 0 aliphatic heterocycles. The SMILES string of the molecule is CN[C@@H]1CC[C@H](Oc2ccccc2C)c2ccccc21. The summed E-state index contributed by atoms with van der Waals surface area (Å²) in [5.74, 6) is 0.996. The second-order valence-corrected chi connectivity index (χ2v) is 5.42. The van der Waals surface area contributed by atoms with Gasteiger partial charge in [-0.25, -0.2) is 0 Å². The van der Waals surface area contributed by atoms with Crippen LogP contribution in [0.1, 0.15) is 41.7 Å². The lowest BCUT2D eigenvalue weighted by Crippen LogP contribution is -2.25. The predicted octanol–water partition coefficient (Wildman–Crippen LogP) is 4.17. The van der Waals surface area contributed by atoms with Gasteiger partial charge in [0.25, 0.3) is 0 Å². The molecule has 3 rings (SSSR count). The Morgan fingerprint density at radius 3 is 2.40 bits per heavy atom. The first kappa shape index (κ1) is 13.2. The van der Waals surface area contributed by atoms with E-state index in [4.69, 9.17) is 4.74 Å². The molecule has 1 N–H and O–H groups in total. The zero-order chi connectivity index (χ0) is 13.9. The summed E-state index contributed by atoms with van der Waals surface area (Å²) in [6.07, 6.45) is 2.33. The van der Waals surface area contributed by atoms with Gasteiger partial charge < -0.3 is 10.1 Å². The fraction of sp³-hybridized carbons (Fsp3) is 0.333. The van der Waals surface area contributed by atoms with Crippen LogP contribution in [0.4, 0.5) is 0 Å². The average Bonchev–Trinajstić information content (AvgIpc) is 2.50. The Bertz CT molecular complexity index is 593. The summed E-state index contributed by atoms with van der Waals surface area (Å²) in [7, 11) is 2.03. The van der Waals surface area contributed by atoms with E-state index in [9.17, 15) is 0 Å². The van der Waals surface area contributed by atoms with Crippen molar-refractivity contribution in [3.8, 4) is 5.75 Å². The van der Waals surface area contributed by atoms with E-state index in [2.05, 4.69) is 48.6 Å². The Balaban J connectivity index is 1.90. The Labute approximate surface area is 120 Å². The molecule has 0 aromatic heterocycles. The van der Waals surface area contributed by atoms with E-state index in [-0.39, 0.29) is 6.10 Å². The van der Waals surface area contributed by atoms with Gasteiger partial charge in [0, 0.05) is 6.04 Å². The molecule has 0 heterocycles. The normalized spacial score (nSPS) is 21.3. The van der Waals surface area contributed by atoms with Crippen LogP contribution in [0.3, 0.4) is 0 Å². The lowest BCUT2D eigenvalue weighted by Gasteiger charge is -2.32. The van der Waals surface area contributed by atoms with Gasteiger partial charge in [0.15, 0.2) is 0 Å². The molecule has 2 aromatic carbocycles. The summed E-state index contributed by atoms with van der Waals surface area (Å²) < 4.78 is 6.28. The van der Waals surface area contributed by atoms with Crippen LogP contribution in [0.15, 0.2) is 48.5 Å². The van der Waals surface area contributed by atoms with Gasteiger partial charge >= 0.3 is 0 Å². The molecule has 0 saturated heterocycles. The maximum Gasteiger partial charge on any atom is 0.124 e. The van der Waals surface area contributed by atoms with Crippen LogP contribution >= 0.6 is 0 Å². The molecule has 2 nitrogen and oxygen atoms in total. The Hall–Kier alpha value is -1.80. The molecule has 0 saturated carbocycles. The van der Waals surface area contributed by atoms with E-state index < -0.39 is 0 Å². The van der Waals surface area contributed by atoms with Crippen molar-refractivity contribution < 1.29 is 4.74 Å². The molecular formula is C18H21NO. The maximum absolute atomic E-state index is 6.28. The van der Waals surface area contributed by atoms with E-state index in [1.54, 1.807) is 0 Å². The first-order valence-electron chi connectivity index (χ1n) is 7.28. The van der Waals surface area contributed by atoms with Crippen LogP contribution in [0.2, 0.25) is 0 Å². The van der Waals surface area contributed by atoms with E-state index in [0.717, 1.165) is 18.6 Å². The molecule has 0 bridgehead atoms. The van der Waals surface area contributed by atoms with E-state index in [1.165, 1.54) is 16.7 Å². The van der Waals surface area contributed by atoms with Gasteiger partial charge in [-0.2, -0.15) is 0 Å². The second-order valence-electron chi connectivity index (χ2n) is 5.42. The Kier molecular flexibility index (Phi) is 3.75. The monoisotopic (exact) mass is 267 g/mol. The second kappa shape index (κ2) is 5.68. The van der Waals surface area contributed by atoms with Crippen molar-refractivity contribution in [3.63, 3.8) is 0 Å². The smallest absolute Gasteiger partial charge is 0.124 e. The highest BCUT2D eigenvalue weighted by molar-refractivity contribution is 5.37. The molecule has 1 aliphatic rings. The standard InChI is InChI=1S/C18H21NO/c1-13-7-3-6-10-17(13)20-18-12-11-16(19-2)14-8-4-5-9-15(14)18/h3-10,16,18-19H,11-12H2,1-2H3/t16-,18+/m1/s1. The van der Waals surface area contributed by atoms with Gasteiger partial charge in [0.2, 0.25) is 0 Å². The third-order valence-corrected chi connectivity index (χ3v) is 4.15. The number of hydrogen-bond donors (Lipinski definition) is 1. The van der Waals surface area contributed by atoms with E-state index >= 15 is 0 Å². The molecule has 20 heavy (non-hydrogen) atoms. The first-order chi connectivity index (χ1) is 9.79. The summed E-state index contributed by atoms with van der Waals surface area (Å²) in [5, 5.41) is 3.40. The predicted molar refractivity (Wildman–Crippen MR) is 82.0 cm³/mol. The highest BCUT2D eigenvalue weighted by Crippen LogP contribution is 2.38. The minimum atomic E-state index is 0.164. The van der Waals surface area contributed by atoms with Gasteiger partial charge in [-0.05, 0) is 49.6 Å². The lowest BCUT2D eigenvalue weighted by molar-refractivity contribution is 0.172. The van der Waals surface area contributed by atoms with Crippen molar-refractivity contribution in [1.82, 2.24) is 5.32 Å². The molecule has 104 valence electrons. The Morgan fingerprint density at radius 2 is 1.65 bits per heavy atom. The lowest BCUT2D eigenvalue weighted by atomic mass is 9.85. The van der Waals surface area contributed by atoms with Crippen molar-refractivity contribution in [2.24, 2.45) is 0 Å². The van der Waals surface area contributed by atoms with Crippen molar-refractivity contribution in [1.29, 1.82) is 0 Å². The quantitative estimate of drug-likeness (QED) is 0.901. The highest BCUT2D eigenvalue weighted by Gasteiger charge is 2.27. The molecule has 0 radical (unpaired) electrons. The molecule has 0 fully saturated rings. The largest absolute Gasteiger partial charge is 0.485 e. The van der Waals surface area contributed by atoms with Crippen LogP contribution in [0.25, 0.3) is 0 Å². The molecule has 0 amide bonds. The molecule has 0 spiro atoms. The zero-order valence-electron chi connectivity index (χ0n) is 12.1. The number of ether oxygens (including phenoxy) is 1. The zero-order valence-corrected chi connectivity index (χ0v) is 12.1. The number of benzene rings is 2. The molecule has 2 heteroatoms. The highest BCUT2D eigenvalue weighted by atomic mass is 16.5. The average molecular weight is 267 g/mol. The van der Waals surface area contributed by atoms with Crippen LogP contribution < -0.4 is 10.1 Å². The summed E-state index contributed by atoms with van der Waals surface area (Å²) in [6.45, 7) is 2.10. The number of fused-ring (bicyclic) bond motifs is 1. The molecule has 2 atom stereocenters. The number of nitrogens with one attached hydrogen (secondary N) is 1. The van der Waals surface area contributed by atoms with Crippen LogP contribution in [0, 0.1) is 6.92 Å². The molecular weight excluding hydrogens is 246 g/mol. The molecule has 1 aliphatic carbocycles. The topological polar surface area (TPSA) is 21.3 Å². The van der Waals surface area contributed by atoms with Crippen molar-refractivity contribution in [2.75, 3.05) is 7.05 Å². The number of rotatable bonds is 3. The van der Waals surface area contributed by atoms with Crippen LogP contribution in [-0.2, 0) is 0 Å². The molecule has 0 unspecified atom stereocenters. The number of aryl methyl sites for hydroxylation is 1. The van der Waals surface area contributed by atoms with Crippen LogP contribution in [0.5, 0.6) is 5.75 Å². The van der Waals surface area contributed by atoms with Gasteiger partial charge in [-0.1, -0.05) is 42.5 Å². The minimum Gasteiger partial charge on any atom is -0.485 e. The first-order valence-corrected chi connectivity index (χ1v) is 7.28. The van der Waals surface area contributed by atoms with Gasteiger partial charge in [-0.15, -0.1) is 0 Å². The van der Waals surface area contributed by atoms with Gasteiger partial charge in [-0.3, -0.25) is 0 Å². The number of hydrogen-bond acceptors (Lipinski definition) is 2. The van der Waals surface area contributed by atoms with Gasteiger partial charge in [0.1, 0.15) is 11.9 Å². The Morgan fingerprint density at radius 1 is 0.950 bits per heavy atom. The fourth-order valence-electron chi connectivity index (χ4n) is 3.01. The van der Waals surface area contributed by atoms with E-state index in [0.29, 0.717) is 6.04 Å². The van der Waals surface area contributed by atoms with Crippen molar-refractivity contribution in [3.05, 3.63) is 65.2 Å². The third kappa shape index (κ3) is 2.44. The van der Waals surface area contributed by atoms with Crippen LogP contribution in [-0.4, -0.2) is 7.05 Å². The summed E-state index contributed by atoms with van der Waals surface area (Å²) in [4.78, 5) is 0. The van der Waals surface area contributed by atoms with Crippen molar-refractivity contribution >= 4 is 0 Å². The summed E-state index contributed by atoms with van der Waals surface area (Å²) in [5.41, 5.74) is 3.89. The van der Waals surface area contributed by atoms with E-state index in [1.807, 2.05) is 19.2 Å². The summed E-state index contributed by atoms with van der Waals surface area (Å²) >= 11 is 0. The minimum absolute atomic E-state index is 0.164. The maximum atomic E-state index is 6.28. The summed E-state index contributed by atoms with van der Waals surface area (Å²) in [6, 6.07) is 17.3. The van der Waals surface area contributed by atoms with Crippen molar-refractivity contribution in [2.45, 2.75) is 31.9 Å². The number of para-hydroxylation sites is 1. The fourth-order valence-corrected chi connectivity index (χ4v) is 3.01. The third-order valence-electron chi connectivity index (χ3n) is 4.15.